The van der Waals surface area contributed by atoms with Gasteiger partial charge in [-0.2, -0.15) is 0 Å². The molecule has 0 spiro atoms. The van der Waals surface area contributed by atoms with Gasteiger partial charge in [0.1, 0.15) is 5.75 Å². The van der Waals surface area contributed by atoms with Crippen LogP contribution in [0.4, 0.5) is 0 Å². The number of rotatable bonds is 4. The average molecular weight is 277 g/mol. The Balaban J connectivity index is 2.02. The van der Waals surface area contributed by atoms with E-state index in [1.54, 1.807) is 13.2 Å². The van der Waals surface area contributed by atoms with E-state index in [2.05, 4.69) is 10.3 Å². The number of carbonyl (C=O) groups excluding carboxylic acids is 1. The van der Waals surface area contributed by atoms with Crippen LogP contribution in [0.25, 0.3) is 0 Å². The third kappa shape index (κ3) is 3.45. The molecule has 2 rings (SSSR count). The highest BCUT2D eigenvalue weighted by Crippen LogP contribution is 2.14. The molecule has 0 bridgehead atoms. The van der Waals surface area contributed by atoms with Crippen molar-refractivity contribution in [2.45, 2.75) is 6.54 Å². The summed E-state index contributed by atoms with van der Waals surface area (Å²) in [4.78, 5) is 15.8. The van der Waals surface area contributed by atoms with E-state index in [0.717, 1.165) is 11.3 Å². The summed E-state index contributed by atoms with van der Waals surface area (Å²) >= 11 is 5.91. The Bertz CT molecular complexity index is 587. The van der Waals surface area contributed by atoms with Crippen molar-refractivity contribution in [2.24, 2.45) is 0 Å². The van der Waals surface area contributed by atoms with E-state index in [0.29, 0.717) is 17.1 Å². The van der Waals surface area contributed by atoms with Gasteiger partial charge in [0.15, 0.2) is 0 Å². The normalized spacial score (nSPS) is 10.0. The molecule has 2 aromatic rings. The maximum absolute atomic E-state index is 11.9. The number of ether oxygens (including phenoxy) is 1. The first kappa shape index (κ1) is 13.4. The minimum atomic E-state index is -0.227. The molecule has 5 heteroatoms. The molecular formula is C14H13ClN2O2. The van der Waals surface area contributed by atoms with Crippen molar-refractivity contribution < 1.29 is 9.53 Å². The van der Waals surface area contributed by atoms with Crippen molar-refractivity contribution >= 4 is 17.5 Å². The first-order valence-corrected chi connectivity index (χ1v) is 6.09. The molecule has 1 amide bonds. The van der Waals surface area contributed by atoms with E-state index in [-0.39, 0.29) is 5.91 Å². The summed E-state index contributed by atoms with van der Waals surface area (Å²) in [6.07, 6.45) is 2.98. The Morgan fingerprint density at radius 2 is 2.26 bits per heavy atom. The molecule has 0 radical (unpaired) electrons. The van der Waals surface area contributed by atoms with Gasteiger partial charge in [0.25, 0.3) is 5.91 Å². The van der Waals surface area contributed by atoms with Gasteiger partial charge < -0.3 is 10.1 Å². The van der Waals surface area contributed by atoms with Crippen LogP contribution in [0.15, 0.2) is 42.7 Å². The molecule has 0 saturated heterocycles. The molecule has 0 saturated carbocycles. The van der Waals surface area contributed by atoms with Gasteiger partial charge in [-0.3, -0.25) is 9.78 Å². The van der Waals surface area contributed by atoms with Gasteiger partial charge in [-0.1, -0.05) is 23.7 Å². The van der Waals surface area contributed by atoms with Crippen LogP contribution in [0.3, 0.4) is 0 Å². The van der Waals surface area contributed by atoms with Gasteiger partial charge in [0.05, 0.1) is 17.7 Å². The SMILES string of the molecule is COc1cccc(CNC(=O)c2ccncc2Cl)c1. The van der Waals surface area contributed by atoms with Crippen LogP contribution < -0.4 is 10.1 Å². The zero-order valence-corrected chi connectivity index (χ0v) is 11.1. The molecule has 0 atom stereocenters. The highest BCUT2D eigenvalue weighted by atomic mass is 35.5. The molecule has 0 aliphatic carbocycles. The minimum absolute atomic E-state index is 0.227. The predicted molar refractivity (Wildman–Crippen MR) is 73.4 cm³/mol. The summed E-state index contributed by atoms with van der Waals surface area (Å²) in [5.41, 5.74) is 1.37. The molecule has 0 fully saturated rings. The van der Waals surface area contributed by atoms with Crippen LogP contribution in [0.5, 0.6) is 5.75 Å². The van der Waals surface area contributed by atoms with Crippen LogP contribution in [0.2, 0.25) is 5.02 Å². The highest BCUT2D eigenvalue weighted by Gasteiger charge is 2.09. The van der Waals surface area contributed by atoms with Gasteiger partial charge in [-0.15, -0.1) is 0 Å². The molecule has 4 nitrogen and oxygen atoms in total. The maximum Gasteiger partial charge on any atom is 0.253 e. The Morgan fingerprint density at radius 1 is 1.42 bits per heavy atom. The number of nitrogens with zero attached hydrogens (tertiary/aromatic N) is 1. The minimum Gasteiger partial charge on any atom is -0.497 e. The lowest BCUT2D eigenvalue weighted by Crippen LogP contribution is -2.23. The number of nitrogens with one attached hydrogen (secondary N) is 1. The molecule has 0 unspecified atom stereocenters. The number of methoxy groups -OCH3 is 1. The second-order valence-corrected chi connectivity index (χ2v) is 4.30. The third-order valence-electron chi connectivity index (χ3n) is 2.60. The van der Waals surface area contributed by atoms with Crippen LogP contribution in [-0.4, -0.2) is 18.0 Å². The Hall–Kier alpha value is -2.07. The summed E-state index contributed by atoms with van der Waals surface area (Å²) in [7, 11) is 1.61. The van der Waals surface area contributed by atoms with Crippen molar-refractivity contribution in [3.8, 4) is 5.75 Å². The lowest BCUT2D eigenvalue weighted by Gasteiger charge is -2.07. The van der Waals surface area contributed by atoms with Crippen LogP contribution >= 0.6 is 11.6 Å². The first-order valence-electron chi connectivity index (χ1n) is 5.71. The average Bonchev–Trinajstić information content (AvgIpc) is 2.45. The monoisotopic (exact) mass is 276 g/mol. The largest absolute Gasteiger partial charge is 0.497 e. The number of hydrogen-bond acceptors (Lipinski definition) is 3. The number of benzene rings is 1. The fourth-order valence-corrected chi connectivity index (χ4v) is 1.82. The second-order valence-electron chi connectivity index (χ2n) is 3.89. The molecule has 0 aliphatic rings. The number of pyridine rings is 1. The topological polar surface area (TPSA) is 51.2 Å². The molecule has 0 aliphatic heterocycles. The number of carbonyl (C=O) groups is 1. The number of aromatic nitrogens is 1. The molecule has 1 aromatic heterocycles. The third-order valence-corrected chi connectivity index (χ3v) is 2.91. The van der Waals surface area contributed by atoms with Crippen molar-refractivity contribution in [2.75, 3.05) is 7.11 Å². The molecule has 19 heavy (non-hydrogen) atoms. The summed E-state index contributed by atoms with van der Waals surface area (Å²) < 4.78 is 5.12. The Labute approximate surface area is 116 Å². The summed E-state index contributed by atoms with van der Waals surface area (Å²) in [5.74, 6) is 0.531. The van der Waals surface area contributed by atoms with E-state index < -0.39 is 0 Å². The molecule has 1 heterocycles. The highest BCUT2D eigenvalue weighted by molar-refractivity contribution is 6.33. The van der Waals surface area contributed by atoms with E-state index in [9.17, 15) is 4.79 Å². The van der Waals surface area contributed by atoms with Gasteiger partial charge in [0, 0.05) is 18.9 Å². The first-order chi connectivity index (χ1) is 9.20. The summed E-state index contributed by atoms with van der Waals surface area (Å²) in [6.45, 7) is 0.411. The summed E-state index contributed by atoms with van der Waals surface area (Å²) in [5, 5.41) is 3.14. The zero-order valence-electron chi connectivity index (χ0n) is 10.4. The van der Waals surface area contributed by atoms with Crippen LogP contribution in [0.1, 0.15) is 15.9 Å². The quantitative estimate of drug-likeness (QED) is 0.934. The van der Waals surface area contributed by atoms with Gasteiger partial charge in [0.2, 0.25) is 0 Å². The van der Waals surface area contributed by atoms with E-state index >= 15 is 0 Å². The van der Waals surface area contributed by atoms with Gasteiger partial charge >= 0.3 is 0 Å². The Kier molecular flexibility index (Phi) is 4.36. The van der Waals surface area contributed by atoms with E-state index in [1.165, 1.54) is 12.4 Å². The van der Waals surface area contributed by atoms with Crippen LogP contribution in [-0.2, 0) is 6.54 Å². The molecule has 1 N–H and O–H groups in total. The van der Waals surface area contributed by atoms with Crippen molar-refractivity contribution in [3.63, 3.8) is 0 Å². The summed E-state index contributed by atoms with van der Waals surface area (Å²) in [6, 6.07) is 9.10. The van der Waals surface area contributed by atoms with Crippen molar-refractivity contribution in [1.29, 1.82) is 0 Å². The molecule has 98 valence electrons. The van der Waals surface area contributed by atoms with E-state index in [1.807, 2.05) is 24.3 Å². The molecule has 1 aromatic carbocycles. The number of halogens is 1. The molecular weight excluding hydrogens is 264 g/mol. The number of amides is 1. The lowest BCUT2D eigenvalue weighted by atomic mass is 10.2. The van der Waals surface area contributed by atoms with E-state index in [4.69, 9.17) is 16.3 Å². The van der Waals surface area contributed by atoms with Gasteiger partial charge in [-0.25, -0.2) is 0 Å². The maximum atomic E-state index is 11.9. The number of hydrogen-bond donors (Lipinski definition) is 1. The fraction of sp³-hybridized carbons (Fsp3) is 0.143. The van der Waals surface area contributed by atoms with Crippen molar-refractivity contribution in [1.82, 2.24) is 10.3 Å². The standard InChI is InChI=1S/C14H13ClN2O2/c1-19-11-4-2-3-10(7-11)8-17-14(18)12-5-6-16-9-13(12)15/h2-7,9H,8H2,1H3,(H,17,18). The Morgan fingerprint density at radius 3 is 3.00 bits per heavy atom. The smallest absolute Gasteiger partial charge is 0.253 e. The predicted octanol–water partition coefficient (Wildman–Crippen LogP) is 2.67. The van der Waals surface area contributed by atoms with Crippen molar-refractivity contribution in [3.05, 3.63) is 58.9 Å². The second kappa shape index (κ2) is 6.20. The van der Waals surface area contributed by atoms with Gasteiger partial charge in [-0.05, 0) is 23.8 Å². The fourth-order valence-electron chi connectivity index (χ4n) is 1.62. The van der Waals surface area contributed by atoms with Crippen LogP contribution in [0, 0.1) is 0 Å². The lowest BCUT2D eigenvalue weighted by molar-refractivity contribution is 0.0951. The zero-order chi connectivity index (χ0) is 13.7.